The minimum Gasteiger partial charge on any atom is -0.497 e. The highest BCUT2D eigenvalue weighted by molar-refractivity contribution is 8.41. The second-order valence-corrected chi connectivity index (χ2v) is 6.18. The SMILES string of the molecule is COC(=O)CSC1=NC(=O)/C(=C\c2ccc(OC)cc2)S1. The number of methoxy groups -OCH3 is 2. The fourth-order valence-electron chi connectivity index (χ4n) is 1.48. The van der Waals surface area contributed by atoms with Crippen LogP contribution in [0.4, 0.5) is 0 Å². The first-order valence-corrected chi connectivity index (χ1v) is 7.79. The molecule has 0 saturated heterocycles. The van der Waals surface area contributed by atoms with Crippen molar-refractivity contribution in [1.82, 2.24) is 0 Å². The molecule has 0 aliphatic carbocycles. The van der Waals surface area contributed by atoms with Crippen LogP contribution in [0.2, 0.25) is 0 Å². The van der Waals surface area contributed by atoms with E-state index in [1.807, 2.05) is 24.3 Å². The molecule has 1 heterocycles. The summed E-state index contributed by atoms with van der Waals surface area (Å²) in [6.45, 7) is 0. The van der Waals surface area contributed by atoms with Gasteiger partial charge in [0.25, 0.3) is 5.91 Å². The molecule has 1 aromatic rings. The summed E-state index contributed by atoms with van der Waals surface area (Å²) in [7, 11) is 2.93. The van der Waals surface area contributed by atoms with E-state index in [-0.39, 0.29) is 17.6 Å². The van der Waals surface area contributed by atoms with Crippen molar-refractivity contribution in [2.75, 3.05) is 20.0 Å². The van der Waals surface area contributed by atoms with Crippen LogP contribution in [0.25, 0.3) is 6.08 Å². The Morgan fingerprint density at radius 3 is 2.67 bits per heavy atom. The fraction of sp³-hybridized carbons (Fsp3) is 0.214. The van der Waals surface area contributed by atoms with Crippen molar-refractivity contribution in [3.05, 3.63) is 34.7 Å². The number of ether oxygens (including phenoxy) is 2. The largest absolute Gasteiger partial charge is 0.497 e. The Bertz CT molecular complexity index is 608. The second kappa shape index (κ2) is 7.33. The van der Waals surface area contributed by atoms with Crippen molar-refractivity contribution in [3.63, 3.8) is 0 Å². The molecule has 0 saturated carbocycles. The van der Waals surface area contributed by atoms with Crippen molar-refractivity contribution in [1.29, 1.82) is 0 Å². The normalized spacial score (nSPS) is 16.0. The minimum atomic E-state index is -0.344. The molecule has 21 heavy (non-hydrogen) atoms. The van der Waals surface area contributed by atoms with Gasteiger partial charge in [0.15, 0.2) is 0 Å². The van der Waals surface area contributed by atoms with Crippen molar-refractivity contribution < 1.29 is 19.1 Å². The van der Waals surface area contributed by atoms with Crippen LogP contribution in [0.3, 0.4) is 0 Å². The molecule has 0 spiro atoms. The highest BCUT2D eigenvalue weighted by Crippen LogP contribution is 2.33. The smallest absolute Gasteiger partial charge is 0.316 e. The predicted molar refractivity (Wildman–Crippen MR) is 85.5 cm³/mol. The lowest BCUT2D eigenvalue weighted by molar-refractivity contribution is -0.137. The number of aliphatic imine (C=N–C) groups is 1. The molecule has 0 aromatic heterocycles. The van der Waals surface area contributed by atoms with Gasteiger partial charge in [-0.3, -0.25) is 9.59 Å². The van der Waals surface area contributed by atoms with Crippen LogP contribution in [-0.4, -0.2) is 36.2 Å². The monoisotopic (exact) mass is 323 g/mol. The molecule has 0 unspecified atom stereocenters. The lowest BCUT2D eigenvalue weighted by Gasteiger charge is -2.00. The number of carbonyl (C=O) groups excluding carboxylic acids is 2. The Hall–Kier alpha value is -1.73. The number of hydrogen-bond donors (Lipinski definition) is 0. The van der Waals surface area contributed by atoms with E-state index in [9.17, 15) is 9.59 Å². The van der Waals surface area contributed by atoms with Gasteiger partial charge in [-0.2, -0.15) is 4.99 Å². The summed E-state index contributed by atoms with van der Waals surface area (Å²) < 4.78 is 10.2. The summed E-state index contributed by atoms with van der Waals surface area (Å²) in [5.74, 6) is 0.269. The first kappa shape index (κ1) is 15.7. The van der Waals surface area contributed by atoms with Crippen LogP contribution in [-0.2, 0) is 14.3 Å². The first-order chi connectivity index (χ1) is 10.1. The molecule has 0 atom stereocenters. The molecule has 110 valence electrons. The van der Waals surface area contributed by atoms with Crippen LogP contribution in [0.1, 0.15) is 5.56 Å². The molecule has 1 amide bonds. The average Bonchev–Trinajstić information content (AvgIpc) is 2.85. The average molecular weight is 323 g/mol. The molecular formula is C14H13NO4S2. The fourth-order valence-corrected chi connectivity index (χ4v) is 3.32. The van der Waals surface area contributed by atoms with Crippen molar-refractivity contribution in [2.24, 2.45) is 4.99 Å². The van der Waals surface area contributed by atoms with Crippen LogP contribution in [0.15, 0.2) is 34.2 Å². The maximum atomic E-state index is 11.8. The Morgan fingerprint density at radius 2 is 2.05 bits per heavy atom. The number of esters is 1. The standard InChI is InChI=1S/C14H13NO4S2/c1-18-10-5-3-9(4-6-10)7-11-13(17)15-14(21-11)20-8-12(16)19-2/h3-7H,8H2,1-2H3/b11-7+. The van der Waals surface area contributed by atoms with Crippen molar-refractivity contribution in [2.45, 2.75) is 0 Å². The Morgan fingerprint density at radius 1 is 1.33 bits per heavy atom. The molecule has 5 nitrogen and oxygen atoms in total. The van der Waals surface area contributed by atoms with Gasteiger partial charge in [0.1, 0.15) is 10.1 Å². The molecule has 0 fully saturated rings. The number of benzene rings is 1. The van der Waals surface area contributed by atoms with Crippen molar-refractivity contribution in [3.8, 4) is 5.75 Å². The quantitative estimate of drug-likeness (QED) is 0.627. The number of thioether (sulfide) groups is 2. The second-order valence-electron chi connectivity index (χ2n) is 3.93. The van der Waals surface area contributed by atoms with Crippen LogP contribution >= 0.6 is 23.5 Å². The van der Waals surface area contributed by atoms with E-state index in [1.54, 1.807) is 13.2 Å². The van der Waals surface area contributed by atoms with E-state index in [0.29, 0.717) is 9.28 Å². The summed E-state index contributed by atoms with van der Waals surface area (Å²) in [4.78, 5) is 27.3. The molecule has 0 radical (unpaired) electrons. The summed E-state index contributed by atoms with van der Waals surface area (Å²) in [5, 5.41) is 0. The third-order valence-corrected chi connectivity index (χ3v) is 4.66. The maximum Gasteiger partial charge on any atom is 0.316 e. The summed E-state index contributed by atoms with van der Waals surface area (Å²) in [6, 6.07) is 7.37. The number of rotatable bonds is 4. The topological polar surface area (TPSA) is 65.0 Å². The van der Waals surface area contributed by atoms with Gasteiger partial charge in [-0.15, -0.1) is 0 Å². The zero-order valence-electron chi connectivity index (χ0n) is 11.5. The number of nitrogens with zero attached hydrogens (tertiary/aromatic N) is 1. The number of hydrogen-bond acceptors (Lipinski definition) is 6. The van der Waals surface area contributed by atoms with Gasteiger partial charge in [-0.25, -0.2) is 0 Å². The highest BCUT2D eigenvalue weighted by Gasteiger charge is 2.22. The van der Waals surface area contributed by atoms with Gasteiger partial charge in [-0.1, -0.05) is 35.7 Å². The van der Waals surface area contributed by atoms with E-state index in [2.05, 4.69) is 9.73 Å². The van der Waals surface area contributed by atoms with E-state index in [0.717, 1.165) is 11.3 Å². The van der Waals surface area contributed by atoms with Gasteiger partial charge >= 0.3 is 5.97 Å². The maximum absolute atomic E-state index is 11.8. The van der Waals surface area contributed by atoms with Gasteiger partial charge in [0.05, 0.1) is 24.9 Å². The molecule has 0 bridgehead atoms. The summed E-state index contributed by atoms with van der Waals surface area (Å²) in [6.07, 6.45) is 1.77. The number of amides is 1. The Labute approximate surface area is 130 Å². The summed E-state index contributed by atoms with van der Waals surface area (Å²) >= 11 is 2.46. The van der Waals surface area contributed by atoms with Gasteiger partial charge in [0, 0.05) is 0 Å². The van der Waals surface area contributed by atoms with Gasteiger partial charge in [-0.05, 0) is 23.8 Å². The van der Waals surface area contributed by atoms with E-state index < -0.39 is 0 Å². The van der Waals surface area contributed by atoms with E-state index in [1.165, 1.54) is 30.6 Å². The lowest BCUT2D eigenvalue weighted by atomic mass is 10.2. The van der Waals surface area contributed by atoms with Crippen molar-refractivity contribution >= 4 is 45.9 Å². The van der Waals surface area contributed by atoms with Crippen LogP contribution in [0, 0.1) is 0 Å². The minimum absolute atomic E-state index is 0.144. The molecular weight excluding hydrogens is 310 g/mol. The molecule has 1 aliphatic rings. The summed E-state index contributed by atoms with van der Waals surface area (Å²) in [5.41, 5.74) is 0.890. The highest BCUT2D eigenvalue weighted by atomic mass is 32.2. The molecule has 2 rings (SSSR count). The predicted octanol–water partition coefficient (Wildman–Crippen LogP) is 2.57. The third kappa shape index (κ3) is 4.37. The first-order valence-electron chi connectivity index (χ1n) is 5.98. The van der Waals surface area contributed by atoms with E-state index >= 15 is 0 Å². The molecule has 1 aliphatic heterocycles. The molecule has 0 N–H and O–H groups in total. The zero-order valence-corrected chi connectivity index (χ0v) is 13.1. The zero-order chi connectivity index (χ0) is 15.2. The Kier molecular flexibility index (Phi) is 5.46. The third-order valence-electron chi connectivity index (χ3n) is 2.56. The number of carbonyl (C=O) groups is 2. The van der Waals surface area contributed by atoms with Crippen LogP contribution in [0.5, 0.6) is 5.75 Å². The molecule has 1 aromatic carbocycles. The molecule has 7 heteroatoms. The Balaban J connectivity index is 2.00. The lowest BCUT2D eigenvalue weighted by Crippen LogP contribution is -2.04. The van der Waals surface area contributed by atoms with E-state index in [4.69, 9.17) is 4.74 Å². The van der Waals surface area contributed by atoms with Gasteiger partial charge in [0.2, 0.25) is 0 Å². The van der Waals surface area contributed by atoms with Gasteiger partial charge < -0.3 is 9.47 Å². The van der Waals surface area contributed by atoms with Crippen LogP contribution < -0.4 is 4.74 Å².